The molecule has 1 saturated heterocycles. The molecular weight excluding hydrogens is 302 g/mol. The van der Waals surface area contributed by atoms with Gasteiger partial charge in [0.1, 0.15) is 0 Å². The molecule has 1 heterocycles. The summed E-state index contributed by atoms with van der Waals surface area (Å²) in [5, 5.41) is 11.6. The smallest absolute Gasteiger partial charge is 0.319 e. The largest absolute Gasteiger partial charge is 0.325 e. The lowest BCUT2D eigenvalue weighted by Gasteiger charge is -2.27. The molecule has 0 radical (unpaired) electrons. The zero-order valence-corrected chi connectivity index (χ0v) is 13.1. The molecule has 2 aromatic carbocycles. The van der Waals surface area contributed by atoms with E-state index in [9.17, 15) is 9.59 Å². The van der Waals surface area contributed by atoms with Crippen molar-refractivity contribution in [1.82, 2.24) is 10.2 Å². The van der Waals surface area contributed by atoms with Crippen LogP contribution in [0.5, 0.6) is 0 Å². The van der Waals surface area contributed by atoms with Gasteiger partial charge in [-0.05, 0) is 11.1 Å². The second kappa shape index (κ2) is 6.55. The van der Waals surface area contributed by atoms with Gasteiger partial charge in [-0.25, -0.2) is 4.79 Å². The summed E-state index contributed by atoms with van der Waals surface area (Å²) >= 11 is 0. The van der Waals surface area contributed by atoms with Gasteiger partial charge in [0.25, 0.3) is 5.91 Å². The highest BCUT2D eigenvalue weighted by Crippen LogP contribution is 2.33. The normalized spacial score (nSPS) is 19.9. The quantitative estimate of drug-likeness (QED) is 0.861. The number of benzene rings is 2. The SMILES string of the molecule is N#CCCN1C(=O)NC(Cc2ccccc2)(c2ccccc2)C1=O. The number of hydrogen-bond donors (Lipinski definition) is 1. The van der Waals surface area contributed by atoms with Crippen molar-refractivity contribution in [3.8, 4) is 6.07 Å². The van der Waals surface area contributed by atoms with Crippen LogP contribution < -0.4 is 5.32 Å². The van der Waals surface area contributed by atoms with Crippen molar-refractivity contribution in [3.63, 3.8) is 0 Å². The topological polar surface area (TPSA) is 73.2 Å². The van der Waals surface area contributed by atoms with Crippen molar-refractivity contribution in [2.45, 2.75) is 18.4 Å². The van der Waals surface area contributed by atoms with E-state index in [0.29, 0.717) is 6.42 Å². The van der Waals surface area contributed by atoms with Crippen LogP contribution >= 0.6 is 0 Å². The van der Waals surface area contributed by atoms with E-state index in [4.69, 9.17) is 5.26 Å². The number of imide groups is 1. The van der Waals surface area contributed by atoms with Crippen molar-refractivity contribution in [1.29, 1.82) is 5.26 Å². The molecule has 5 nitrogen and oxygen atoms in total. The van der Waals surface area contributed by atoms with Crippen LogP contribution in [0.1, 0.15) is 17.5 Å². The Morgan fingerprint density at radius 2 is 1.62 bits per heavy atom. The number of carbonyl (C=O) groups excluding carboxylic acids is 2. The fourth-order valence-corrected chi connectivity index (χ4v) is 3.03. The third-order valence-corrected chi connectivity index (χ3v) is 4.20. The summed E-state index contributed by atoms with van der Waals surface area (Å²) in [5.74, 6) is -0.308. The van der Waals surface area contributed by atoms with E-state index >= 15 is 0 Å². The second-order valence-electron chi connectivity index (χ2n) is 5.73. The third-order valence-electron chi connectivity index (χ3n) is 4.20. The number of hydrogen-bond acceptors (Lipinski definition) is 3. The minimum atomic E-state index is -1.13. The minimum absolute atomic E-state index is 0.102. The average molecular weight is 319 g/mol. The fraction of sp³-hybridized carbons (Fsp3) is 0.211. The van der Waals surface area contributed by atoms with E-state index in [-0.39, 0.29) is 18.9 Å². The highest BCUT2D eigenvalue weighted by Gasteiger charge is 2.52. The molecule has 1 unspecified atom stereocenters. The van der Waals surface area contributed by atoms with Gasteiger partial charge in [-0.3, -0.25) is 9.69 Å². The average Bonchev–Trinajstić information content (AvgIpc) is 2.86. The molecule has 1 aliphatic rings. The van der Waals surface area contributed by atoms with E-state index in [0.717, 1.165) is 16.0 Å². The van der Waals surface area contributed by atoms with Crippen LogP contribution in [0, 0.1) is 11.3 Å². The summed E-state index contributed by atoms with van der Waals surface area (Å²) in [6.07, 6.45) is 0.487. The molecule has 0 aromatic heterocycles. The zero-order valence-electron chi connectivity index (χ0n) is 13.1. The monoisotopic (exact) mass is 319 g/mol. The molecule has 3 rings (SSSR count). The fourth-order valence-electron chi connectivity index (χ4n) is 3.03. The molecule has 120 valence electrons. The van der Waals surface area contributed by atoms with Crippen molar-refractivity contribution < 1.29 is 9.59 Å². The lowest BCUT2D eigenvalue weighted by molar-refractivity contribution is -0.131. The van der Waals surface area contributed by atoms with Crippen molar-refractivity contribution in [2.24, 2.45) is 0 Å². The molecule has 0 bridgehead atoms. The van der Waals surface area contributed by atoms with Gasteiger partial charge in [-0.15, -0.1) is 0 Å². The molecule has 0 spiro atoms. The van der Waals surface area contributed by atoms with Gasteiger partial charge in [0.05, 0.1) is 12.5 Å². The first-order valence-corrected chi connectivity index (χ1v) is 7.78. The first-order chi connectivity index (χ1) is 11.7. The maximum atomic E-state index is 13.1. The summed E-state index contributed by atoms with van der Waals surface area (Å²) in [4.78, 5) is 26.6. The summed E-state index contributed by atoms with van der Waals surface area (Å²) < 4.78 is 0. The molecule has 1 aliphatic heterocycles. The number of rotatable bonds is 5. The van der Waals surface area contributed by atoms with Crippen molar-refractivity contribution in [3.05, 3.63) is 71.8 Å². The van der Waals surface area contributed by atoms with Gasteiger partial charge in [0.15, 0.2) is 5.54 Å². The summed E-state index contributed by atoms with van der Waals surface area (Å²) in [6.45, 7) is 0.102. The van der Waals surface area contributed by atoms with Crippen molar-refractivity contribution in [2.75, 3.05) is 6.54 Å². The lowest BCUT2D eigenvalue weighted by Crippen LogP contribution is -2.46. The molecule has 2 aromatic rings. The van der Waals surface area contributed by atoms with Crippen LogP contribution in [-0.4, -0.2) is 23.4 Å². The molecule has 1 fully saturated rings. The van der Waals surface area contributed by atoms with Gasteiger partial charge in [-0.1, -0.05) is 60.7 Å². The Labute approximate surface area is 140 Å². The van der Waals surface area contributed by atoms with Gasteiger partial charge < -0.3 is 5.32 Å². The standard InChI is InChI=1S/C19H17N3O2/c20-12-7-13-22-17(23)19(21-18(22)24,16-10-5-2-6-11-16)14-15-8-3-1-4-9-15/h1-6,8-11H,7,13-14H2,(H,21,24). The Hall–Kier alpha value is -3.13. The first-order valence-electron chi connectivity index (χ1n) is 7.78. The summed E-state index contributed by atoms with van der Waals surface area (Å²) in [5.41, 5.74) is 0.568. The summed E-state index contributed by atoms with van der Waals surface area (Å²) in [7, 11) is 0. The van der Waals surface area contributed by atoms with Gasteiger partial charge in [0, 0.05) is 13.0 Å². The van der Waals surface area contributed by atoms with Crippen LogP contribution in [0.3, 0.4) is 0 Å². The van der Waals surface area contributed by atoms with E-state index in [1.807, 2.05) is 66.7 Å². The molecule has 1 N–H and O–H groups in total. The van der Waals surface area contributed by atoms with E-state index in [1.165, 1.54) is 0 Å². The number of nitriles is 1. The Kier molecular flexibility index (Phi) is 4.30. The number of urea groups is 1. The molecule has 3 amide bonds. The Morgan fingerprint density at radius 3 is 2.25 bits per heavy atom. The molecule has 0 aliphatic carbocycles. The minimum Gasteiger partial charge on any atom is -0.319 e. The molecule has 1 atom stereocenters. The van der Waals surface area contributed by atoms with Gasteiger partial charge >= 0.3 is 6.03 Å². The number of amides is 3. The molecule has 5 heteroatoms. The van der Waals surface area contributed by atoms with Crippen LogP contribution in [0.25, 0.3) is 0 Å². The number of nitrogens with one attached hydrogen (secondary N) is 1. The van der Waals surface area contributed by atoms with Crippen LogP contribution in [-0.2, 0) is 16.8 Å². The number of carbonyl (C=O) groups is 2. The predicted octanol–water partition coefficient (Wildman–Crippen LogP) is 2.59. The van der Waals surface area contributed by atoms with Gasteiger partial charge in [0.2, 0.25) is 0 Å². The van der Waals surface area contributed by atoms with Crippen LogP contribution in [0.15, 0.2) is 60.7 Å². The highest BCUT2D eigenvalue weighted by atomic mass is 16.2. The molecular formula is C19H17N3O2. The van der Waals surface area contributed by atoms with E-state index in [1.54, 1.807) is 0 Å². The second-order valence-corrected chi connectivity index (χ2v) is 5.73. The molecule has 24 heavy (non-hydrogen) atoms. The highest BCUT2D eigenvalue weighted by molar-refractivity contribution is 6.07. The Balaban J connectivity index is 2.02. The maximum absolute atomic E-state index is 13.1. The predicted molar refractivity (Wildman–Crippen MR) is 88.7 cm³/mol. The number of nitrogens with zero attached hydrogens (tertiary/aromatic N) is 2. The van der Waals surface area contributed by atoms with Crippen LogP contribution in [0.2, 0.25) is 0 Å². The van der Waals surface area contributed by atoms with Gasteiger partial charge in [-0.2, -0.15) is 5.26 Å². The van der Waals surface area contributed by atoms with Crippen molar-refractivity contribution >= 4 is 11.9 Å². The first kappa shape index (κ1) is 15.8. The Morgan fingerprint density at radius 1 is 1.00 bits per heavy atom. The van der Waals surface area contributed by atoms with E-state index < -0.39 is 11.6 Å². The Bertz CT molecular complexity index is 783. The maximum Gasteiger partial charge on any atom is 0.325 e. The van der Waals surface area contributed by atoms with Crippen LogP contribution in [0.4, 0.5) is 4.79 Å². The summed E-state index contributed by atoms with van der Waals surface area (Å²) in [6, 6.07) is 20.4. The zero-order chi connectivity index (χ0) is 17.0. The third kappa shape index (κ3) is 2.74. The lowest BCUT2D eigenvalue weighted by atomic mass is 9.83. The molecule has 0 saturated carbocycles. The van der Waals surface area contributed by atoms with E-state index in [2.05, 4.69) is 5.32 Å².